The number of rotatable bonds is 9. The van der Waals surface area contributed by atoms with Gasteiger partial charge in [-0.3, -0.25) is 9.59 Å². The molecule has 2 aliphatic carbocycles. The summed E-state index contributed by atoms with van der Waals surface area (Å²) in [5, 5.41) is 37.8. The number of carboxylic acid groups (broad SMARTS) is 3. The summed E-state index contributed by atoms with van der Waals surface area (Å²) in [5.74, 6) is -6.06. The Morgan fingerprint density at radius 2 is 1.83 bits per heavy atom. The van der Waals surface area contributed by atoms with Crippen molar-refractivity contribution in [3.63, 3.8) is 0 Å². The van der Waals surface area contributed by atoms with Gasteiger partial charge < -0.3 is 25.2 Å². The van der Waals surface area contributed by atoms with E-state index in [0.29, 0.717) is 0 Å². The molecule has 164 valence electrons. The predicted octanol–water partition coefficient (Wildman–Crippen LogP) is 2.40. The zero-order valence-electron chi connectivity index (χ0n) is 17.1. The van der Waals surface area contributed by atoms with E-state index < -0.39 is 36.4 Å². The Morgan fingerprint density at radius 3 is 2.34 bits per heavy atom. The number of hydrogen-bond donors (Lipinski definition) is 4. The second-order valence-corrected chi connectivity index (χ2v) is 9.11. The number of aliphatic hydroxyl groups excluding tert-OH is 1. The van der Waals surface area contributed by atoms with Crippen LogP contribution in [0.5, 0.6) is 0 Å². The molecule has 2 aliphatic rings. The summed E-state index contributed by atoms with van der Waals surface area (Å²) in [4.78, 5) is 34.1. The van der Waals surface area contributed by atoms with E-state index in [9.17, 15) is 29.7 Å². The van der Waals surface area contributed by atoms with Crippen LogP contribution in [0.1, 0.15) is 52.4 Å². The summed E-state index contributed by atoms with van der Waals surface area (Å²) in [5.41, 5.74) is 0.449. The van der Waals surface area contributed by atoms with Crippen molar-refractivity contribution in [3.05, 3.63) is 12.2 Å². The maximum Gasteiger partial charge on any atom is 0.333 e. The van der Waals surface area contributed by atoms with Gasteiger partial charge in [-0.2, -0.15) is 0 Å². The highest BCUT2D eigenvalue weighted by atomic mass is 16.5. The lowest BCUT2D eigenvalue weighted by molar-refractivity contribution is -0.170. The molecule has 6 atom stereocenters. The van der Waals surface area contributed by atoms with Gasteiger partial charge in [-0.25, -0.2) is 4.79 Å². The number of carbonyl (C=O) groups is 3. The zero-order valence-corrected chi connectivity index (χ0v) is 17.1. The molecule has 2 saturated carbocycles. The first-order chi connectivity index (χ1) is 13.5. The molecule has 0 spiro atoms. The van der Waals surface area contributed by atoms with Gasteiger partial charge in [-0.15, -0.1) is 0 Å². The molecule has 2 rings (SSSR count). The Balaban J connectivity index is 2.25. The fourth-order valence-electron chi connectivity index (χ4n) is 5.65. The van der Waals surface area contributed by atoms with Crippen LogP contribution in [0.3, 0.4) is 0 Å². The molecule has 6 unspecified atom stereocenters. The molecule has 0 heterocycles. The number of fused-ring (bicyclic) bond motifs is 1. The summed E-state index contributed by atoms with van der Waals surface area (Å²) in [6.07, 6.45) is 1.76. The van der Waals surface area contributed by atoms with Crippen molar-refractivity contribution in [1.29, 1.82) is 0 Å². The van der Waals surface area contributed by atoms with Gasteiger partial charge in [0.2, 0.25) is 0 Å². The summed E-state index contributed by atoms with van der Waals surface area (Å²) in [6, 6.07) is 0. The highest BCUT2D eigenvalue weighted by molar-refractivity contribution is 5.85. The molecule has 0 amide bonds. The Bertz CT molecular complexity index is 674. The van der Waals surface area contributed by atoms with Gasteiger partial charge in [0, 0.05) is 12.5 Å². The Hall–Kier alpha value is -1.93. The molecule has 0 bridgehead atoms. The third-order valence-electron chi connectivity index (χ3n) is 7.27. The van der Waals surface area contributed by atoms with Crippen LogP contribution in [-0.4, -0.2) is 57.7 Å². The average molecular weight is 412 g/mol. The normalized spacial score (nSPS) is 34.1. The van der Waals surface area contributed by atoms with E-state index in [1.54, 1.807) is 0 Å². The first-order valence-corrected chi connectivity index (χ1v) is 10.0. The minimum atomic E-state index is -1.76. The highest BCUT2D eigenvalue weighted by Crippen LogP contribution is 2.60. The van der Waals surface area contributed by atoms with Gasteiger partial charge in [-0.1, -0.05) is 32.4 Å². The lowest BCUT2D eigenvalue weighted by Crippen LogP contribution is -2.53. The van der Waals surface area contributed by atoms with E-state index in [4.69, 9.17) is 9.84 Å². The Labute approximate surface area is 170 Å². The molecule has 29 heavy (non-hydrogen) atoms. The largest absolute Gasteiger partial charge is 0.481 e. The van der Waals surface area contributed by atoms with Crippen LogP contribution < -0.4 is 0 Å². The minimum absolute atomic E-state index is 0.0340. The molecule has 2 fully saturated rings. The van der Waals surface area contributed by atoms with Crippen LogP contribution in [0.15, 0.2) is 12.2 Å². The molecule has 8 nitrogen and oxygen atoms in total. The molecule has 0 aromatic carbocycles. The van der Waals surface area contributed by atoms with E-state index in [1.165, 1.54) is 0 Å². The topological polar surface area (TPSA) is 141 Å². The third kappa shape index (κ3) is 4.64. The molecule has 0 aliphatic heterocycles. The van der Waals surface area contributed by atoms with Crippen molar-refractivity contribution in [2.75, 3.05) is 13.2 Å². The van der Waals surface area contributed by atoms with Gasteiger partial charge in [0.25, 0.3) is 0 Å². The van der Waals surface area contributed by atoms with Gasteiger partial charge in [-0.05, 0) is 42.4 Å². The first-order valence-electron chi connectivity index (χ1n) is 10.0. The van der Waals surface area contributed by atoms with Gasteiger partial charge in [0.15, 0.2) is 6.10 Å². The summed E-state index contributed by atoms with van der Waals surface area (Å²) >= 11 is 0. The smallest absolute Gasteiger partial charge is 0.333 e. The number of aliphatic hydroxyl groups is 1. The van der Waals surface area contributed by atoms with Crippen LogP contribution in [0.2, 0.25) is 0 Å². The molecular weight excluding hydrogens is 380 g/mol. The van der Waals surface area contributed by atoms with Crippen molar-refractivity contribution >= 4 is 17.9 Å². The van der Waals surface area contributed by atoms with Crippen LogP contribution in [0.4, 0.5) is 0 Å². The van der Waals surface area contributed by atoms with Crippen molar-refractivity contribution < 1.29 is 39.5 Å². The van der Waals surface area contributed by atoms with E-state index >= 15 is 0 Å². The molecule has 0 saturated heterocycles. The third-order valence-corrected chi connectivity index (χ3v) is 7.27. The second-order valence-electron chi connectivity index (χ2n) is 9.11. The quantitative estimate of drug-likeness (QED) is 0.423. The fourth-order valence-corrected chi connectivity index (χ4v) is 5.65. The SMILES string of the molecule is C=C1CCC2C(C)(CO)CCCC2(C)C1COC(C(=O)O)C(CC(=O)O)C(=O)O. The van der Waals surface area contributed by atoms with Crippen LogP contribution in [-0.2, 0) is 19.1 Å². The predicted molar refractivity (Wildman–Crippen MR) is 103 cm³/mol. The Morgan fingerprint density at radius 1 is 1.17 bits per heavy atom. The van der Waals surface area contributed by atoms with Gasteiger partial charge in [0.1, 0.15) is 5.92 Å². The summed E-state index contributed by atoms with van der Waals surface area (Å²) in [7, 11) is 0. The Kier molecular flexibility index (Phi) is 7.11. The number of aliphatic carboxylic acids is 3. The van der Waals surface area contributed by atoms with Crippen molar-refractivity contribution in [1.82, 2.24) is 0 Å². The van der Waals surface area contributed by atoms with Gasteiger partial charge in [0.05, 0.1) is 13.0 Å². The summed E-state index contributed by atoms with van der Waals surface area (Å²) in [6.45, 7) is 8.39. The highest BCUT2D eigenvalue weighted by Gasteiger charge is 2.54. The van der Waals surface area contributed by atoms with E-state index in [2.05, 4.69) is 20.4 Å². The number of hydrogen-bond acceptors (Lipinski definition) is 5. The first kappa shape index (κ1) is 23.3. The van der Waals surface area contributed by atoms with E-state index in [1.807, 2.05) is 0 Å². The maximum absolute atomic E-state index is 11.7. The monoisotopic (exact) mass is 412 g/mol. The molecule has 0 aromatic rings. The molecule has 4 N–H and O–H groups in total. The number of ether oxygens (including phenoxy) is 1. The van der Waals surface area contributed by atoms with E-state index in [0.717, 1.165) is 37.7 Å². The standard InChI is InChI=1S/C21H32O8/c1-12-5-6-15-20(2,11-22)7-4-8-21(15,3)14(12)10-29-17(19(27)28)13(18(25)26)9-16(23)24/h13-15,17,22H,1,4-11H2,2-3H3,(H,23,24)(H,25,26)(H,27,28). The molecule has 0 aromatic heterocycles. The van der Waals surface area contributed by atoms with Crippen molar-refractivity contribution in [3.8, 4) is 0 Å². The minimum Gasteiger partial charge on any atom is -0.481 e. The molecule has 8 heteroatoms. The van der Waals surface area contributed by atoms with Gasteiger partial charge >= 0.3 is 17.9 Å². The van der Waals surface area contributed by atoms with Crippen molar-refractivity contribution in [2.24, 2.45) is 28.6 Å². The molecule has 0 radical (unpaired) electrons. The lowest BCUT2D eigenvalue weighted by Gasteiger charge is -2.58. The summed E-state index contributed by atoms with van der Waals surface area (Å²) < 4.78 is 5.59. The van der Waals surface area contributed by atoms with Crippen LogP contribution in [0.25, 0.3) is 0 Å². The van der Waals surface area contributed by atoms with Crippen LogP contribution >= 0.6 is 0 Å². The zero-order chi connectivity index (χ0) is 22.0. The van der Waals surface area contributed by atoms with Crippen LogP contribution in [0, 0.1) is 28.6 Å². The van der Waals surface area contributed by atoms with E-state index in [-0.39, 0.29) is 35.9 Å². The number of carboxylic acids is 3. The average Bonchev–Trinajstić information content (AvgIpc) is 2.61. The van der Waals surface area contributed by atoms with Crippen molar-refractivity contribution in [2.45, 2.75) is 58.5 Å². The lowest BCUT2D eigenvalue weighted by atomic mass is 9.47. The maximum atomic E-state index is 11.7. The second kappa shape index (κ2) is 8.83. The fraction of sp³-hybridized carbons (Fsp3) is 0.762. The molecular formula is C21H32O8.